The third-order valence-corrected chi connectivity index (χ3v) is 2.17. The van der Waals surface area contributed by atoms with Crippen LogP contribution in [-0.2, 0) is 22.1 Å². The van der Waals surface area contributed by atoms with Crippen molar-refractivity contribution in [3.05, 3.63) is 23.1 Å². The Hall–Kier alpha value is -2.07. The Balaban J connectivity index is 3.38. The summed E-state index contributed by atoms with van der Waals surface area (Å²) in [6.07, 6.45) is -11.9. The second kappa shape index (κ2) is 6.36. The summed E-state index contributed by atoms with van der Waals surface area (Å²) in [4.78, 5) is 13.7. The molecule has 0 radical (unpaired) electrons. The van der Waals surface area contributed by atoms with Crippen molar-refractivity contribution < 1.29 is 45.0 Å². The van der Waals surface area contributed by atoms with Gasteiger partial charge in [0.15, 0.2) is 0 Å². The van der Waals surface area contributed by atoms with Gasteiger partial charge in [-0.25, -0.2) is 0 Å². The zero-order valence-corrected chi connectivity index (χ0v) is 10.8. The number of hydrogen-bond acceptors (Lipinski definition) is 4. The second-order valence-corrected chi connectivity index (χ2v) is 3.81. The lowest BCUT2D eigenvalue weighted by Crippen LogP contribution is -2.23. The number of carbonyl (C=O) groups excluding carboxylic acids is 1. The average Bonchev–Trinajstić information content (AvgIpc) is 2.23. The van der Waals surface area contributed by atoms with Crippen molar-refractivity contribution in [3.8, 4) is 5.88 Å². The van der Waals surface area contributed by atoms with Crippen LogP contribution in [0.4, 0.5) is 30.7 Å². The maximum absolute atomic E-state index is 13.1. The van der Waals surface area contributed by atoms with Crippen LogP contribution in [0, 0.1) is 5.95 Å². The minimum atomic E-state index is -5.51. The van der Waals surface area contributed by atoms with Crippen molar-refractivity contribution in [3.63, 3.8) is 0 Å². The van der Waals surface area contributed by atoms with Crippen LogP contribution >= 0.6 is 0 Å². The molecule has 0 bridgehead atoms. The Bertz CT molecular complexity index is 554. The molecule has 1 rings (SSSR count). The topological polar surface area (TPSA) is 48.4 Å². The van der Waals surface area contributed by atoms with Crippen molar-refractivity contribution in [1.82, 2.24) is 4.98 Å². The summed E-state index contributed by atoms with van der Waals surface area (Å²) in [6.45, 7) is 1.20. The predicted octanol–water partition coefficient (Wildman–Crippen LogP) is 3.24. The molecule has 1 aromatic rings. The summed E-state index contributed by atoms with van der Waals surface area (Å²) in [6, 6.07) is 0.197. The Labute approximate surface area is 118 Å². The van der Waals surface area contributed by atoms with Crippen molar-refractivity contribution in [2.75, 3.05) is 6.61 Å². The monoisotopic (exact) mass is 335 g/mol. The SMILES string of the molecule is CCOC(=O)Cc1cc(F)nc(OC(F)(F)F)c1C(F)(F)F. The van der Waals surface area contributed by atoms with Gasteiger partial charge < -0.3 is 9.47 Å². The molecule has 22 heavy (non-hydrogen) atoms. The smallest absolute Gasteiger partial charge is 0.466 e. The molecule has 1 heterocycles. The Morgan fingerprint density at radius 1 is 1.23 bits per heavy atom. The number of nitrogens with zero attached hydrogens (tertiary/aromatic N) is 1. The van der Waals surface area contributed by atoms with Crippen LogP contribution in [0.1, 0.15) is 18.1 Å². The van der Waals surface area contributed by atoms with E-state index in [1.54, 1.807) is 0 Å². The highest BCUT2D eigenvalue weighted by Crippen LogP contribution is 2.40. The quantitative estimate of drug-likeness (QED) is 0.481. The molecule has 0 aliphatic carbocycles. The highest BCUT2D eigenvalue weighted by Gasteiger charge is 2.43. The lowest BCUT2D eigenvalue weighted by molar-refractivity contribution is -0.278. The summed E-state index contributed by atoms with van der Waals surface area (Å²) < 4.78 is 95.6. The molecule has 0 saturated heterocycles. The fourth-order valence-corrected chi connectivity index (χ4v) is 1.53. The molecule has 0 aliphatic heterocycles. The van der Waals surface area contributed by atoms with E-state index in [2.05, 4.69) is 14.5 Å². The predicted molar refractivity (Wildman–Crippen MR) is 56.2 cm³/mol. The zero-order chi connectivity index (χ0) is 17.1. The molecule has 124 valence electrons. The summed E-state index contributed by atoms with van der Waals surface area (Å²) in [5.41, 5.74) is -3.06. The van der Waals surface area contributed by atoms with Crippen LogP contribution < -0.4 is 4.74 Å². The van der Waals surface area contributed by atoms with Crippen molar-refractivity contribution >= 4 is 5.97 Å². The number of hydrogen-bond donors (Lipinski definition) is 0. The first-order valence-electron chi connectivity index (χ1n) is 5.62. The number of aromatic nitrogens is 1. The summed E-state index contributed by atoms with van der Waals surface area (Å²) in [5, 5.41) is 0. The van der Waals surface area contributed by atoms with E-state index in [1.807, 2.05) is 0 Å². The highest BCUT2D eigenvalue weighted by atomic mass is 19.4. The van der Waals surface area contributed by atoms with E-state index in [0.29, 0.717) is 0 Å². The maximum atomic E-state index is 13.1. The normalized spacial score (nSPS) is 12.2. The first-order valence-corrected chi connectivity index (χ1v) is 5.62. The first-order chi connectivity index (χ1) is 9.94. The average molecular weight is 335 g/mol. The Morgan fingerprint density at radius 2 is 1.82 bits per heavy atom. The standard InChI is InChI=1S/C11H8F7NO3/c1-2-21-7(20)4-5-3-6(12)19-9(22-11(16,17)18)8(5)10(13,14)15/h3H,2,4H2,1H3. The maximum Gasteiger partial charge on any atom is 0.574 e. The van der Waals surface area contributed by atoms with Gasteiger partial charge in [-0.2, -0.15) is 22.5 Å². The van der Waals surface area contributed by atoms with E-state index in [9.17, 15) is 35.5 Å². The Morgan fingerprint density at radius 3 is 2.27 bits per heavy atom. The number of alkyl halides is 6. The van der Waals surface area contributed by atoms with E-state index in [1.165, 1.54) is 6.92 Å². The van der Waals surface area contributed by atoms with Gasteiger partial charge >= 0.3 is 18.5 Å². The van der Waals surface area contributed by atoms with Gasteiger partial charge in [0.05, 0.1) is 13.0 Å². The van der Waals surface area contributed by atoms with Crippen LogP contribution in [0.2, 0.25) is 0 Å². The van der Waals surface area contributed by atoms with Gasteiger partial charge in [-0.1, -0.05) is 0 Å². The number of halogens is 7. The van der Waals surface area contributed by atoms with Gasteiger partial charge in [0.1, 0.15) is 5.56 Å². The molecule has 0 fully saturated rings. The molecule has 1 aromatic heterocycles. The van der Waals surface area contributed by atoms with Gasteiger partial charge in [-0.3, -0.25) is 4.79 Å². The molecular formula is C11H8F7NO3. The molecule has 11 heteroatoms. The van der Waals surface area contributed by atoms with Gasteiger partial charge in [-0.05, 0) is 18.6 Å². The lowest BCUT2D eigenvalue weighted by atomic mass is 10.1. The number of ether oxygens (including phenoxy) is 2. The van der Waals surface area contributed by atoms with E-state index in [4.69, 9.17) is 0 Å². The summed E-state index contributed by atoms with van der Waals surface area (Å²) in [5.74, 6) is -4.84. The molecule has 0 unspecified atom stereocenters. The van der Waals surface area contributed by atoms with Gasteiger partial charge in [0, 0.05) is 0 Å². The Kier molecular flexibility index (Phi) is 5.20. The zero-order valence-electron chi connectivity index (χ0n) is 10.8. The van der Waals surface area contributed by atoms with Crippen LogP contribution in [0.5, 0.6) is 5.88 Å². The summed E-state index contributed by atoms with van der Waals surface area (Å²) >= 11 is 0. The fourth-order valence-electron chi connectivity index (χ4n) is 1.53. The lowest BCUT2D eigenvalue weighted by Gasteiger charge is -2.17. The fraction of sp³-hybridized carbons (Fsp3) is 0.455. The van der Waals surface area contributed by atoms with Crippen molar-refractivity contribution in [1.29, 1.82) is 0 Å². The minimum absolute atomic E-state index is 0.167. The molecule has 0 aromatic carbocycles. The molecule has 0 saturated carbocycles. The number of rotatable bonds is 4. The second-order valence-electron chi connectivity index (χ2n) is 3.81. The van der Waals surface area contributed by atoms with Gasteiger partial charge in [-0.15, -0.1) is 13.2 Å². The van der Waals surface area contributed by atoms with E-state index >= 15 is 0 Å². The van der Waals surface area contributed by atoms with Crippen LogP contribution in [0.3, 0.4) is 0 Å². The van der Waals surface area contributed by atoms with Crippen molar-refractivity contribution in [2.24, 2.45) is 0 Å². The third-order valence-electron chi connectivity index (χ3n) is 2.17. The molecular weight excluding hydrogens is 327 g/mol. The summed E-state index contributed by atoms with van der Waals surface area (Å²) in [7, 11) is 0. The molecule has 0 amide bonds. The van der Waals surface area contributed by atoms with Gasteiger partial charge in [0.25, 0.3) is 0 Å². The third kappa shape index (κ3) is 5.04. The number of esters is 1. The van der Waals surface area contributed by atoms with Crippen LogP contribution in [0.15, 0.2) is 6.07 Å². The van der Waals surface area contributed by atoms with Crippen molar-refractivity contribution in [2.45, 2.75) is 25.9 Å². The largest absolute Gasteiger partial charge is 0.574 e. The first kappa shape index (κ1) is 18.0. The molecule has 0 N–H and O–H groups in total. The van der Waals surface area contributed by atoms with E-state index in [-0.39, 0.29) is 12.7 Å². The van der Waals surface area contributed by atoms with Gasteiger partial charge in [0.2, 0.25) is 11.8 Å². The van der Waals surface area contributed by atoms with E-state index in [0.717, 1.165) is 0 Å². The number of carbonyl (C=O) groups is 1. The minimum Gasteiger partial charge on any atom is -0.466 e. The molecule has 0 spiro atoms. The van der Waals surface area contributed by atoms with Crippen LogP contribution in [0.25, 0.3) is 0 Å². The van der Waals surface area contributed by atoms with E-state index < -0.39 is 47.9 Å². The molecule has 0 atom stereocenters. The molecule has 4 nitrogen and oxygen atoms in total. The number of pyridine rings is 1. The molecule has 0 aliphatic rings. The highest BCUT2D eigenvalue weighted by molar-refractivity contribution is 5.73. The van der Waals surface area contributed by atoms with Crippen LogP contribution in [-0.4, -0.2) is 23.9 Å².